The number of nitrogens with one attached hydrogen (secondary N) is 4. The Bertz CT molecular complexity index is 2180. The summed E-state index contributed by atoms with van der Waals surface area (Å²) in [5.41, 5.74) is 5.65. The summed E-state index contributed by atoms with van der Waals surface area (Å²) in [6, 6.07) is 32.6. The Balaban J connectivity index is -0.000000394. The number of carbonyl (C=O) groups excluding carboxylic acids is 6. The number of carboxylic acids is 4. The van der Waals surface area contributed by atoms with Gasteiger partial charge in [0, 0.05) is 102 Å². The summed E-state index contributed by atoms with van der Waals surface area (Å²) < 4.78 is 0. The van der Waals surface area contributed by atoms with Gasteiger partial charge in [-0.25, -0.2) is 0 Å². The zero-order valence-corrected chi connectivity index (χ0v) is 48.9. The van der Waals surface area contributed by atoms with E-state index in [1.54, 1.807) is 136 Å². The Morgan fingerprint density at radius 3 is 0.716 bits per heavy atom. The molecule has 0 fully saturated rings. The van der Waals surface area contributed by atoms with Gasteiger partial charge in [-0.3, -0.25) is 19.6 Å². The van der Waals surface area contributed by atoms with Crippen molar-refractivity contribution in [2.24, 2.45) is 0 Å². The molecular weight excluding hydrogens is 1060 g/mol. The molecule has 8 N–H and O–H groups in total. The zero-order chi connectivity index (χ0) is 52.4. The summed E-state index contributed by atoms with van der Waals surface area (Å²) in [7, 11) is 7.09. The molecule has 22 heteroatoms. The molecule has 0 bridgehead atoms. The third-order valence-electron chi connectivity index (χ3n) is 9.56. The van der Waals surface area contributed by atoms with E-state index >= 15 is 0 Å². The number of anilines is 4. The van der Waals surface area contributed by atoms with Crippen LogP contribution in [0, 0.1) is 0 Å². The summed E-state index contributed by atoms with van der Waals surface area (Å²) in [5.74, 6) is -4.48. The Hall–Kier alpha value is -7.63. The van der Waals surface area contributed by atoms with Crippen LogP contribution >= 0.6 is 0 Å². The van der Waals surface area contributed by atoms with Crippen molar-refractivity contribution in [3.63, 3.8) is 0 Å². The van der Waals surface area contributed by atoms with Gasteiger partial charge in [0.05, 0.1) is 35.0 Å². The van der Waals surface area contributed by atoms with Crippen molar-refractivity contribution in [1.29, 1.82) is 0 Å². The van der Waals surface area contributed by atoms with E-state index < -0.39 is 23.9 Å². The molecule has 0 aliphatic rings. The van der Waals surface area contributed by atoms with Crippen molar-refractivity contribution in [3.05, 3.63) is 179 Å². The molecular formula is C52H64N8O12Zn2. The number of benzene rings is 4. The van der Waals surface area contributed by atoms with Crippen LogP contribution < -0.4 is 41.7 Å². The second-order valence-corrected chi connectivity index (χ2v) is 13.9. The average Bonchev–Trinajstić information content (AvgIpc) is 3.40. The first-order valence-corrected chi connectivity index (χ1v) is 21.9. The van der Waals surface area contributed by atoms with Crippen LogP contribution in [0.4, 0.5) is 22.7 Å². The van der Waals surface area contributed by atoms with Crippen molar-refractivity contribution in [2.75, 3.05) is 75.6 Å². The summed E-state index contributed by atoms with van der Waals surface area (Å²) in [4.78, 5) is 75.8. The van der Waals surface area contributed by atoms with Gasteiger partial charge >= 0.3 is 39.0 Å². The Morgan fingerprint density at radius 1 is 0.378 bits per heavy atom. The monoisotopic (exact) mass is 1120 g/mol. The fourth-order valence-electron chi connectivity index (χ4n) is 5.46. The molecule has 6 aromatic rings. The van der Waals surface area contributed by atoms with Crippen molar-refractivity contribution in [3.8, 4) is 0 Å². The molecule has 0 aliphatic carbocycles. The van der Waals surface area contributed by atoms with Gasteiger partial charge < -0.3 is 81.6 Å². The second kappa shape index (κ2) is 41.9. The van der Waals surface area contributed by atoms with Gasteiger partial charge in [0.15, 0.2) is 0 Å². The molecule has 0 radical (unpaired) electrons. The maximum Gasteiger partial charge on any atom is 2.00 e. The first-order chi connectivity index (χ1) is 33.5. The fraction of sp³-hybridized carbons (Fsp3) is 0.231. The number of rotatable bonds is 14. The average molecular weight is 1120 g/mol. The summed E-state index contributed by atoms with van der Waals surface area (Å²) in [6.07, 6.45) is 6.53. The predicted molar refractivity (Wildman–Crippen MR) is 271 cm³/mol. The van der Waals surface area contributed by atoms with Gasteiger partial charge in [0.1, 0.15) is 0 Å². The number of hydrogen-bond acceptors (Lipinski definition) is 16. The van der Waals surface area contributed by atoms with Crippen molar-refractivity contribution in [2.45, 2.75) is 27.7 Å². The van der Waals surface area contributed by atoms with Crippen LogP contribution in [0.15, 0.2) is 146 Å². The molecule has 0 saturated heterocycles. The van der Waals surface area contributed by atoms with Crippen molar-refractivity contribution >= 4 is 58.4 Å². The molecule has 20 nitrogen and oxygen atoms in total. The van der Waals surface area contributed by atoms with Crippen LogP contribution in [0.2, 0.25) is 0 Å². The van der Waals surface area contributed by atoms with Crippen LogP contribution in [0.3, 0.4) is 0 Å². The first-order valence-electron chi connectivity index (χ1n) is 21.9. The van der Waals surface area contributed by atoms with E-state index in [9.17, 15) is 49.2 Å². The van der Waals surface area contributed by atoms with Gasteiger partial charge in [-0.15, -0.1) is 0 Å². The molecule has 0 unspecified atom stereocenters. The second-order valence-electron chi connectivity index (χ2n) is 13.9. The summed E-state index contributed by atoms with van der Waals surface area (Å²) in [6.45, 7) is 10.8. The van der Waals surface area contributed by atoms with Gasteiger partial charge in [-0.05, 0) is 123 Å². The molecule has 4 aromatic carbocycles. The predicted octanol–water partition coefficient (Wildman–Crippen LogP) is 1.84. The molecule has 388 valence electrons. The fourth-order valence-corrected chi connectivity index (χ4v) is 5.46. The van der Waals surface area contributed by atoms with E-state index in [-0.39, 0.29) is 84.0 Å². The minimum Gasteiger partial charge on any atom is -0.545 e. The molecule has 0 atom stereocenters. The van der Waals surface area contributed by atoms with E-state index in [0.29, 0.717) is 11.1 Å². The number of amides is 2. The van der Waals surface area contributed by atoms with Crippen molar-refractivity contribution < 1.29 is 99.1 Å². The SMILES string of the molecule is CCN(CC)C(=O)c1cccnc1.CCN(CC)C(=O)c1cccnc1.CNc1ccc(C(=O)[O-])cc1.CNc1ccc(C(=O)[O-])cc1.CNc1ccc(C(=O)[O-])cc1.CNc1ccc(C(=O)[O-])cc1.O.O.[Zn+2].[Zn+2]. The largest absolute Gasteiger partial charge is 2.00 e. The molecule has 6 rings (SSSR count). The Labute approximate surface area is 457 Å². The van der Waals surface area contributed by atoms with E-state index in [1.807, 2.05) is 27.7 Å². The molecule has 2 heterocycles. The number of carboxylic acid groups (broad SMARTS) is 4. The molecule has 2 aromatic heterocycles. The molecule has 0 saturated carbocycles. The number of aromatic nitrogens is 2. The number of nitrogens with zero attached hydrogens (tertiary/aromatic N) is 4. The van der Waals surface area contributed by atoms with Gasteiger partial charge in [-0.1, -0.05) is 48.5 Å². The maximum absolute atomic E-state index is 11.7. The van der Waals surface area contributed by atoms with E-state index in [0.717, 1.165) is 48.9 Å². The van der Waals surface area contributed by atoms with Crippen LogP contribution in [0.5, 0.6) is 0 Å². The van der Waals surface area contributed by atoms with Crippen LogP contribution in [0.25, 0.3) is 0 Å². The minimum atomic E-state index is -1.15. The van der Waals surface area contributed by atoms with E-state index in [4.69, 9.17) is 0 Å². The van der Waals surface area contributed by atoms with Gasteiger partial charge in [-0.2, -0.15) is 0 Å². The third kappa shape index (κ3) is 27.8. The van der Waals surface area contributed by atoms with Crippen LogP contribution in [0.1, 0.15) is 89.8 Å². The Morgan fingerprint density at radius 2 is 0.581 bits per heavy atom. The molecule has 0 spiro atoms. The first kappa shape index (κ1) is 72.9. The van der Waals surface area contributed by atoms with Crippen LogP contribution in [-0.4, -0.2) is 121 Å². The topological polar surface area (TPSA) is 338 Å². The van der Waals surface area contributed by atoms with Crippen LogP contribution in [-0.2, 0) is 39.0 Å². The number of aromatic carboxylic acids is 4. The molecule has 74 heavy (non-hydrogen) atoms. The van der Waals surface area contributed by atoms with Crippen molar-refractivity contribution in [1.82, 2.24) is 19.8 Å². The zero-order valence-electron chi connectivity index (χ0n) is 43.0. The Kier molecular flexibility index (Phi) is 41.3. The van der Waals surface area contributed by atoms with Gasteiger partial charge in [0.25, 0.3) is 11.8 Å². The van der Waals surface area contributed by atoms with E-state index in [2.05, 4.69) is 31.2 Å². The van der Waals surface area contributed by atoms with Gasteiger partial charge in [0.2, 0.25) is 0 Å². The smallest absolute Gasteiger partial charge is 0.545 e. The molecule has 2 amide bonds. The number of pyridine rings is 2. The number of hydrogen-bond donors (Lipinski definition) is 4. The molecule has 0 aliphatic heterocycles. The minimum absolute atomic E-state index is 0. The summed E-state index contributed by atoms with van der Waals surface area (Å²) in [5, 5.41) is 52.6. The summed E-state index contributed by atoms with van der Waals surface area (Å²) >= 11 is 0. The third-order valence-corrected chi connectivity index (χ3v) is 9.56. The quantitative estimate of drug-likeness (QED) is 0.113. The standard InChI is InChI=1S/2C10H14N2O.4C8H9NO2.2H2O.2Zn/c2*1-3-12(4-2)10(13)9-6-5-7-11-8-9;4*1-9-7-4-2-6(3-5-7)8(10)11;;;;/h2*5-8H,3-4H2,1-2H3;4*2-5,9H,1H3,(H,10,11);2*1H2;;/q;;;;;;;;2*+2/p-4. The normalized spacial score (nSPS) is 8.86. The van der Waals surface area contributed by atoms with E-state index in [1.165, 1.54) is 48.5 Å². The number of carbonyl (C=O) groups is 6. The maximum atomic E-state index is 11.7.